The number of benzene rings is 1. The molecule has 1 aliphatic heterocycles. The second kappa shape index (κ2) is 6.86. The molecule has 5 heteroatoms. The molecule has 0 radical (unpaired) electrons. The van der Waals surface area contributed by atoms with Gasteiger partial charge in [0, 0.05) is 43.7 Å². The minimum Gasteiger partial charge on any atom is -0.370 e. The van der Waals surface area contributed by atoms with Gasteiger partial charge in [-0.3, -0.25) is 9.59 Å². The fourth-order valence-electron chi connectivity index (χ4n) is 3.47. The van der Waals surface area contributed by atoms with E-state index in [2.05, 4.69) is 22.8 Å². The topological polar surface area (TPSA) is 68.3 Å². The Morgan fingerprint density at radius 1 is 1.17 bits per heavy atom. The van der Waals surface area contributed by atoms with E-state index in [1.807, 2.05) is 23.2 Å². The van der Waals surface area contributed by atoms with Gasteiger partial charge in [0.25, 0.3) is 0 Å². The molecule has 0 bridgehead atoms. The first-order valence-electron chi connectivity index (χ1n) is 8.27. The van der Waals surface area contributed by atoms with Gasteiger partial charge in [0.05, 0.1) is 0 Å². The van der Waals surface area contributed by atoms with E-state index in [1.54, 1.807) is 0 Å². The Balaban J connectivity index is 1.64. The van der Waals surface area contributed by atoms with Crippen molar-refractivity contribution in [2.45, 2.75) is 44.7 Å². The summed E-state index contributed by atoms with van der Waals surface area (Å²) in [5.74, 6) is -0.208. The number of aryl methyl sites for hydroxylation is 1. The highest BCUT2D eigenvalue weighted by molar-refractivity contribution is 5.81. The number of piperidine rings is 1. The quantitative estimate of drug-likeness (QED) is 0.920. The number of likely N-dealkylation sites (tertiary alicyclic amines) is 1. The van der Waals surface area contributed by atoms with Crippen molar-refractivity contribution >= 4 is 22.7 Å². The lowest BCUT2D eigenvalue weighted by molar-refractivity contribution is -0.136. The maximum absolute atomic E-state index is 12.6. The average molecular weight is 313 g/mol. The van der Waals surface area contributed by atoms with Crippen LogP contribution in [-0.4, -0.2) is 33.9 Å². The molecule has 1 aromatic heterocycles. The molecular weight excluding hydrogens is 290 g/mol. The summed E-state index contributed by atoms with van der Waals surface area (Å²) in [7, 11) is 0. The van der Waals surface area contributed by atoms with Crippen molar-refractivity contribution in [2.75, 3.05) is 6.54 Å². The maximum atomic E-state index is 12.6. The van der Waals surface area contributed by atoms with E-state index in [9.17, 15) is 9.59 Å². The van der Waals surface area contributed by atoms with Crippen LogP contribution in [0.5, 0.6) is 0 Å². The van der Waals surface area contributed by atoms with Crippen LogP contribution in [0.25, 0.3) is 10.9 Å². The zero-order valence-corrected chi connectivity index (χ0v) is 13.3. The molecule has 1 aliphatic rings. The summed E-state index contributed by atoms with van der Waals surface area (Å²) >= 11 is 0. The van der Waals surface area contributed by atoms with Crippen molar-refractivity contribution in [1.82, 2.24) is 9.47 Å². The minimum atomic E-state index is -0.328. The number of carbonyl (C=O) groups is 2. The molecule has 3 rings (SSSR count). The van der Waals surface area contributed by atoms with Gasteiger partial charge in [0.1, 0.15) is 0 Å². The molecule has 0 saturated carbocycles. The molecule has 2 amide bonds. The van der Waals surface area contributed by atoms with Crippen LogP contribution in [0.2, 0.25) is 0 Å². The third kappa shape index (κ3) is 3.55. The smallest absolute Gasteiger partial charge is 0.224 e. The Morgan fingerprint density at radius 3 is 2.83 bits per heavy atom. The molecule has 2 N–H and O–H groups in total. The molecule has 0 aliphatic carbocycles. The summed E-state index contributed by atoms with van der Waals surface area (Å²) in [6.45, 7) is 1.40. The third-order valence-electron chi connectivity index (χ3n) is 4.63. The van der Waals surface area contributed by atoms with Crippen LogP contribution in [0.1, 0.15) is 32.1 Å². The number of rotatable bonds is 5. The first-order valence-corrected chi connectivity index (χ1v) is 8.27. The number of fused-ring (bicyclic) bond motifs is 1. The number of nitrogens with two attached hydrogens (primary N) is 1. The van der Waals surface area contributed by atoms with Gasteiger partial charge >= 0.3 is 0 Å². The van der Waals surface area contributed by atoms with Crippen molar-refractivity contribution in [3.05, 3.63) is 36.5 Å². The van der Waals surface area contributed by atoms with Crippen molar-refractivity contribution in [3.8, 4) is 0 Å². The molecule has 2 heterocycles. The van der Waals surface area contributed by atoms with Crippen LogP contribution in [0.4, 0.5) is 0 Å². The molecule has 23 heavy (non-hydrogen) atoms. The van der Waals surface area contributed by atoms with Crippen molar-refractivity contribution in [2.24, 2.45) is 5.73 Å². The molecule has 1 aromatic carbocycles. The third-order valence-corrected chi connectivity index (χ3v) is 4.63. The van der Waals surface area contributed by atoms with Crippen LogP contribution in [0.15, 0.2) is 36.5 Å². The standard InChI is InChI=1S/C18H23N3O2/c19-17(22)13-15-6-3-4-10-21(15)18(23)9-12-20-11-8-14-5-1-2-7-16(14)20/h1-2,5,7-8,11,15H,3-4,6,9-10,12-13H2,(H2,19,22)/t15-/m0/s1. The zero-order valence-electron chi connectivity index (χ0n) is 13.3. The number of primary amides is 1. The molecule has 0 spiro atoms. The van der Waals surface area contributed by atoms with E-state index in [0.29, 0.717) is 13.0 Å². The lowest BCUT2D eigenvalue weighted by atomic mass is 9.98. The van der Waals surface area contributed by atoms with Gasteiger partial charge in [-0.05, 0) is 36.8 Å². The molecule has 5 nitrogen and oxygen atoms in total. The highest BCUT2D eigenvalue weighted by Crippen LogP contribution is 2.21. The van der Waals surface area contributed by atoms with Crippen LogP contribution in [-0.2, 0) is 16.1 Å². The van der Waals surface area contributed by atoms with Crippen molar-refractivity contribution < 1.29 is 9.59 Å². The number of hydrogen-bond donors (Lipinski definition) is 1. The number of para-hydroxylation sites is 1. The van der Waals surface area contributed by atoms with Gasteiger partial charge in [0.15, 0.2) is 0 Å². The van der Waals surface area contributed by atoms with Gasteiger partial charge in [-0.15, -0.1) is 0 Å². The predicted octanol–water partition coefficient (Wildman–Crippen LogP) is 2.29. The SMILES string of the molecule is NC(=O)C[C@@H]1CCCCN1C(=O)CCn1ccc2ccccc21. The second-order valence-corrected chi connectivity index (χ2v) is 6.23. The van der Waals surface area contributed by atoms with Crippen molar-refractivity contribution in [3.63, 3.8) is 0 Å². The van der Waals surface area contributed by atoms with Crippen molar-refractivity contribution in [1.29, 1.82) is 0 Å². The normalized spacial score (nSPS) is 18.3. The lowest BCUT2D eigenvalue weighted by Crippen LogP contribution is -2.45. The molecule has 1 atom stereocenters. The van der Waals surface area contributed by atoms with E-state index in [4.69, 9.17) is 5.73 Å². The highest BCUT2D eigenvalue weighted by Gasteiger charge is 2.27. The second-order valence-electron chi connectivity index (χ2n) is 6.23. The molecule has 1 saturated heterocycles. The average Bonchev–Trinajstić information content (AvgIpc) is 2.96. The van der Waals surface area contributed by atoms with Gasteiger partial charge in [0.2, 0.25) is 11.8 Å². The number of aromatic nitrogens is 1. The minimum absolute atomic E-state index is 0.0184. The summed E-state index contributed by atoms with van der Waals surface area (Å²) in [4.78, 5) is 25.6. The molecule has 122 valence electrons. The largest absolute Gasteiger partial charge is 0.370 e. The maximum Gasteiger partial charge on any atom is 0.224 e. The molecule has 1 fully saturated rings. The van der Waals surface area contributed by atoms with E-state index >= 15 is 0 Å². The summed E-state index contributed by atoms with van der Waals surface area (Å²) in [6, 6.07) is 10.2. The number of nitrogens with zero attached hydrogens (tertiary/aromatic N) is 2. The highest BCUT2D eigenvalue weighted by atomic mass is 16.2. The Hall–Kier alpha value is -2.30. The van der Waals surface area contributed by atoms with Crippen LogP contribution in [0, 0.1) is 0 Å². The fourth-order valence-corrected chi connectivity index (χ4v) is 3.47. The van der Waals surface area contributed by atoms with E-state index < -0.39 is 0 Å². The predicted molar refractivity (Wildman–Crippen MR) is 89.7 cm³/mol. The van der Waals surface area contributed by atoms with Crippen LogP contribution in [0.3, 0.4) is 0 Å². The Kier molecular flexibility index (Phi) is 4.65. The first-order chi connectivity index (χ1) is 11.1. The monoisotopic (exact) mass is 313 g/mol. The van der Waals surface area contributed by atoms with Crippen LogP contribution >= 0.6 is 0 Å². The number of carbonyl (C=O) groups excluding carboxylic acids is 2. The Morgan fingerprint density at radius 2 is 2.00 bits per heavy atom. The summed E-state index contributed by atoms with van der Waals surface area (Å²) in [5.41, 5.74) is 6.46. The zero-order chi connectivity index (χ0) is 16.2. The van der Waals surface area contributed by atoms with Crippen LogP contribution < -0.4 is 5.73 Å². The van der Waals surface area contributed by atoms with Gasteiger partial charge in [-0.2, -0.15) is 0 Å². The number of amides is 2. The van der Waals surface area contributed by atoms with E-state index in [-0.39, 0.29) is 24.3 Å². The first kappa shape index (κ1) is 15.6. The molecule has 2 aromatic rings. The van der Waals surface area contributed by atoms with Gasteiger partial charge < -0.3 is 15.2 Å². The lowest BCUT2D eigenvalue weighted by Gasteiger charge is -2.35. The Bertz CT molecular complexity index is 707. The summed E-state index contributed by atoms with van der Waals surface area (Å²) in [6.07, 6.45) is 5.69. The summed E-state index contributed by atoms with van der Waals surface area (Å²) in [5, 5.41) is 1.18. The van der Waals surface area contributed by atoms with E-state index in [1.165, 1.54) is 5.39 Å². The number of hydrogen-bond acceptors (Lipinski definition) is 2. The molecule has 0 unspecified atom stereocenters. The van der Waals surface area contributed by atoms with Gasteiger partial charge in [-0.25, -0.2) is 0 Å². The summed E-state index contributed by atoms with van der Waals surface area (Å²) < 4.78 is 2.11. The molecular formula is C18H23N3O2. The van der Waals surface area contributed by atoms with Gasteiger partial charge in [-0.1, -0.05) is 18.2 Å². The Labute approximate surface area is 136 Å². The van der Waals surface area contributed by atoms with E-state index in [0.717, 1.165) is 31.3 Å². The fraction of sp³-hybridized carbons (Fsp3) is 0.444.